The first-order chi connectivity index (χ1) is 7.95. The molecule has 0 bridgehead atoms. The highest BCUT2D eigenvalue weighted by Gasteiger charge is 2.05. The summed E-state index contributed by atoms with van der Waals surface area (Å²) in [7, 11) is 2.09. The van der Waals surface area contributed by atoms with E-state index in [1.807, 2.05) is 13.8 Å². The Bertz CT molecular complexity index is 206. The second-order valence-electron chi connectivity index (χ2n) is 4.98. The van der Waals surface area contributed by atoms with E-state index in [1.165, 1.54) is 0 Å². The number of ether oxygens (including phenoxy) is 1. The molecule has 0 heterocycles. The van der Waals surface area contributed by atoms with Crippen LogP contribution in [0, 0.1) is 5.92 Å². The van der Waals surface area contributed by atoms with Crippen molar-refractivity contribution in [1.29, 1.82) is 0 Å². The number of rotatable bonds is 10. The molecule has 17 heavy (non-hydrogen) atoms. The minimum Gasteiger partial charge on any atom is -0.379 e. The van der Waals surface area contributed by atoms with Crippen LogP contribution in [0.2, 0.25) is 0 Å². The van der Waals surface area contributed by atoms with Crippen LogP contribution in [0.4, 0.5) is 0 Å². The van der Waals surface area contributed by atoms with Crippen LogP contribution < -0.4 is 5.32 Å². The third-order valence-electron chi connectivity index (χ3n) is 2.84. The molecule has 0 spiro atoms. The Labute approximate surface area is 106 Å². The Morgan fingerprint density at radius 2 is 1.88 bits per heavy atom. The van der Waals surface area contributed by atoms with Gasteiger partial charge in [-0.2, -0.15) is 0 Å². The van der Waals surface area contributed by atoms with Crippen molar-refractivity contribution in [3.05, 3.63) is 0 Å². The highest BCUT2D eigenvalue weighted by molar-refractivity contribution is 5.82. The normalized spacial score (nSPS) is 11.8. The Morgan fingerprint density at radius 3 is 2.41 bits per heavy atom. The summed E-state index contributed by atoms with van der Waals surface area (Å²) in [6.07, 6.45) is 0. The SMILES string of the molecule is CC(C)C(=O)CNCCOCCN(C)C(C)C. The number of carbonyl (C=O) groups is 1. The molecule has 0 unspecified atom stereocenters. The fourth-order valence-electron chi connectivity index (χ4n) is 1.13. The van der Waals surface area contributed by atoms with Crippen LogP contribution in [0.15, 0.2) is 0 Å². The predicted molar refractivity (Wildman–Crippen MR) is 71.3 cm³/mol. The highest BCUT2D eigenvalue weighted by atomic mass is 16.5. The molecule has 0 aliphatic rings. The lowest BCUT2D eigenvalue weighted by Crippen LogP contribution is -2.31. The molecule has 0 atom stereocenters. The van der Waals surface area contributed by atoms with Gasteiger partial charge in [0.1, 0.15) is 5.78 Å². The molecular weight excluding hydrogens is 216 g/mol. The van der Waals surface area contributed by atoms with Crippen LogP contribution in [0.25, 0.3) is 0 Å². The molecular formula is C13H28N2O2. The van der Waals surface area contributed by atoms with Gasteiger partial charge in [-0.05, 0) is 20.9 Å². The molecule has 0 saturated carbocycles. The third-order valence-corrected chi connectivity index (χ3v) is 2.84. The summed E-state index contributed by atoms with van der Waals surface area (Å²) < 4.78 is 5.48. The van der Waals surface area contributed by atoms with Crippen molar-refractivity contribution in [1.82, 2.24) is 10.2 Å². The summed E-state index contributed by atoms with van der Waals surface area (Å²) in [6, 6.07) is 0.556. The first kappa shape index (κ1) is 16.6. The van der Waals surface area contributed by atoms with Gasteiger partial charge in [0.15, 0.2) is 0 Å². The number of hydrogen-bond acceptors (Lipinski definition) is 4. The Hall–Kier alpha value is -0.450. The van der Waals surface area contributed by atoms with E-state index in [0.717, 1.165) is 19.7 Å². The molecule has 0 saturated heterocycles. The quantitative estimate of drug-likeness (QED) is 0.586. The van der Waals surface area contributed by atoms with Crippen molar-refractivity contribution >= 4 is 5.78 Å². The zero-order valence-corrected chi connectivity index (χ0v) is 12.0. The molecule has 4 nitrogen and oxygen atoms in total. The standard InChI is InChI=1S/C13H28N2O2/c1-11(2)13(16)10-14-6-8-17-9-7-15(5)12(3)4/h11-12,14H,6-10H2,1-5H3. The molecule has 0 aromatic carbocycles. The minimum atomic E-state index is 0.114. The van der Waals surface area contributed by atoms with Crippen molar-refractivity contribution in [2.24, 2.45) is 5.92 Å². The second-order valence-corrected chi connectivity index (χ2v) is 4.98. The van der Waals surface area contributed by atoms with E-state index in [1.54, 1.807) is 0 Å². The van der Waals surface area contributed by atoms with Gasteiger partial charge in [-0.15, -0.1) is 0 Å². The van der Waals surface area contributed by atoms with Crippen molar-refractivity contribution in [2.75, 3.05) is 39.9 Å². The lowest BCUT2D eigenvalue weighted by atomic mass is 10.1. The molecule has 0 radical (unpaired) electrons. The molecule has 0 aromatic heterocycles. The summed E-state index contributed by atoms with van der Waals surface area (Å²) >= 11 is 0. The summed E-state index contributed by atoms with van der Waals surface area (Å²) in [4.78, 5) is 13.5. The van der Waals surface area contributed by atoms with Crippen LogP contribution in [-0.2, 0) is 9.53 Å². The predicted octanol–water partition coefficient (Wildman–Crippen LogP) is 1.16. The van der Waals surface area contributed by atoms with Gasteiger partial charge >= 0.3 is 0 Å². The van der Waals surface area contributed by atoms with Gasteiger partial charge in [0.25, 0.3) is 0 Å². The Balaban J connectivity index is 3.27. The molecule has 0 fully saturated rings. The van der Waals surface area contributed by atoms with Gasteiger partial charge in [0, 0.05) is 25.0 Å². The maximum Gasteiger partial charge on any atom is 0.149 e. The van der Waals surface area contributed by atoms with E-state index >= 15 is 0 Å². The molecule has 0 aliphatic heterocycles. The molecule has 0 amide bonds. The Kier molecular flexibility index (Phi) is 9.31. The van der Waals surface area contributed by atoms with Gasteiger partial charge in [-0.3, -0.25) is 4.79 Å². The summed E-state index contributed by atoms with van der Waals surface area (Å²) in [6.45, 7) is 11.7. The van der Waals surface area contributed by atoms with Crippen LogP contribution in [0.1, 0.15) is 27.7 Å². The van der Waals surface area contributed by atoms with E-state index in [-0.39, 0.29) is 11.7 Å². The van der Waals surface area contributed by atoms with Crippen molar-refractivity contribution in [3.63, 3.8) is 0 Å². The summed E-state index contributed by atoms with van der Waals surface area (Å²) in [5.41, 5.74) is 0. The largest absolute Gasteiger partial charge is 0.379 e. The number of Topliss-reactive ketones (excluding diaryl/α,β-unsaturated/α-hetero) is 1. The zero-order valence-electron chi connectivity index (χ0n) is 12.0. The Morgan fingerprint density at radius 1 is 1.24 bits per heavy atom. The van der Waals surface area contributed by atoms with E-state index in [0.29, 0.717) is 19.2 Å². The van der Waals surface area contributed by atoms with Crippen LogP contribution >= 0.6 is 0 Å². The monoisotopic (exact) mass is 244 g/mol. The van der Waals surface area contributed by atoms with E-state index in [4.69, 9.17) is 4.74 Å². The fourth-order valence-corrected chi connectivity index (χ4v) is 1.13. The topological polar surface area (TPSA) is 41.6 Å². The average molecular weight is 244 g/mol. The van der Waals surface area contributed by atoms with Crippen molar-refractivity contribution < 1.29 is 9.53 Å². The second kappa shape index (κ2) is 9.57. The lowest BCUT2D eigenvalue weighted by molar-refractivity contribution is -0.121. The maximum atomic E-state index is 11.3. The van der Waals surface area contributed by atoms with Gasteiger partial charge in [-0.25, -0.2) is 0 Å². The molecule has 4 heteroatoms. The maximum absolute atomic E-state index is 11.3. The first-order valence-corrected chi connectivity index (χ1v) is 6.46. The fraction of sp³-hybridized carbons (Fsp3) is 0.923. The smallest absolute Gasteiger partial charge is 0.149 e. The number of ketones is 1. The summed E-state index contributed by atoms with van der Waals surface area (Å²) in [5.74, 6) is 0.368. The summed E-state index contributed by atoms with van der Waals surface area (Å²) in [5, 5.41) is 3.09. The average Bonchev–Trinajstić information content (AvgIpc) is 2.26. The lowest BCUT2D eigenvalue weighted by Gasteiger charge is -2.20. The number of hydrogen-bond donors (Lipinski definition) is 1. The van der Waals surface area contributed by atoms with Gasteiger partial charge in [-0.1, -0.05) is 13.8 Å². The number of carbonyl (C=O) groups excluding carboxylic acids is 1. The van der Waals surface area contributed by atoms with E-state index in [2.05, 4.69) is 31.1 Å². The molecule has 102 valence electrons. The molecule has 0 aromatic rings. The van der Waals surface area contributed by atoms with Crippen molar-refractivity contribution in [3.8, 4) is 0 Å². The third kappa shape index (κ3) is 9.27. The zero-order chi connectivity index (χ0) is 13.3. The van der Waals surface area contributed by atoms with Crippen LogP contribution in [0.3, 0.4) is 0 Å². The number of nitrogens with zero attached hydrogens (tertiary/aromatic N) is 1. The first-order valence-electron chi connectivity index (χ1n) is 6.46. The number of nitrogens with one attached hydrogen (secondary N) is 1. The van der Waals surface area contributed by atoms with Gasteiger partial charge in [0.05, 0.1) is 19.8 Å². The molecule has 1 N–H and O–H groups in total. The van der Waals surface area contributed by atoms with E-state index < -0.39 is 0 Å². The van der Waals surface area contributed by atoms with Crippen LogP contribution in [-0.4, -0.2) is 56.6 Å². The van der Waals surface area contributed by atoms with Crippen molar-refractivity contribution in [2.45, 2.75) is 33.7 Å². The number of likely N-dealkylation sites (N-methyl/N-ethyl adjacent to an activating group) is 1. The van der Waals surface area contributed by atoms with E-state index in [9.17, 15) is 4.79 Å². The molecule has 0 aliphatic carbocycles. The minimum absolute atomic E-state index is 0.114. The molecule has 0 rings (SSSR count). The van der Waals surface area contributed by atoms with Gasteiger partial charge < -0.3 is 15.0 Å². The van der Waals surface area contributed by atoms with Gasteiger partial charge in [0.2, 0.25) is 0 Å². The van der Waals surface area contributed by atoms with Crippen LogP contribution in [0.5, 0.6) is 0 Å². The highest BCUT2D eigenvalue weighted by Crippen LogP contribution is 1.93.